The van der Waals surface area contributed by atoms with E-state index in [4.69, 9.17) is 5.73 Å². The maximum Gasteiger partial charge on any atom is 0.328 e. The Hall–Kier alpha value is -2.04. The normalized spacial score (nSPS) is 10.7. The summed E-state index contributed by atoms with van der Waals surface area (Å²) in [5.41, 5.74) is 5.85. The number of nitrogens with zero attached hydrogens (tertiary/aromatic N) is 2. The monoisotopic (exact) mass is 235 g/mol. The van der Waals surface area contributed by atoms with Crippen molar-refractivity contribution in [3.05, 3.63) is 52.5 Å². The molecule has 2 rings (SSSR count). The van der Waals surface area contributed by atoms with Gasteiger partial charge in [-0.15, -0.1) is 0 Å². The summed E-state index contributed by atoms with van der Waals surface area (Å²) in [6.45, 7) is 2.68. The molecule has 0 fully saturated rings. The molecule has 0 saturated heterocycles. The third kappa shape index (κ3) is 2.08. The number of benzene rings is 1. The predicted octanol–water partition coefficient (Wildman–Crippen LogP) is 1.44. The molecule has 90 valence electrons. The molecule has 1 aromatic carbocycles. The first-order valence-electron chi connectivity index (χ1n) is 5.42. The minimum atomic E-state index is -0.455. The van der Waals surface area contributed by atoms with Gasteiger partial charge in [0.1, 0.15) is 0 Å². The minimum Gasteiger partial charge on any atom is -0.396 e. The van der Waals surface area contributed by atoms with E-state index < -0.39 is 5.82 Å². The molecular formula is C12H14FN3O. The Kier molecular flexibility index (Phi) is 2.99. The molecular weight excluding hydrogens is 221 g/mol. The van der Waals surface area contributed by atoms with Gasteiger partial charge in [-0.3, -0.25) is 9.13 Å². The van der Waals surface area contributed by atoms with Crippen molar-refractivity contribution in [3.8, 4) is 0 Å². The van der Waals surface area contributed by atoms with Crippen LogP contribution >= 0.6 is 0 Å². The predicted molar refractivity (Wildman–Crippen MR) is 64.3 cm³/mol. The number of nitrogens with two attached hydrogens (primary N) is 1. The molecule has 0 aliphatic heterocycles. The lowest BCUT2D eigenvalue weighted by Crippen LogP contribution is -2.24. The van der Waals surface area contributed by atoms with Gasteiger partial charge in [0.15, 0.2) is 5.82 Å². The molecule has 0 radical (unpaired) electrons. The van der Waals surface area contributed by atoms with Gasteiger partial charge in [0.2, 0.25) is 0 Å². The summed E-state index contributed by atoms with van der Waals surface area (Å²) in [4.78, 5) is 11.8. The Morgan fingerprint density at radius 3 is 2.65 bits per heavy atom. The molecule has 0 amide bonds. The van der Waals surface area contributed by atoms with Crippen molar-refractivity contribution in [3.63, 3.8) is 0 Å². The molecule has 0 aliphatic rings. The van der Waals surface area contributed by atoms with Gasteiger partial charge in [0.25, 0.3) is 0 Å². The number of nitrogen functional groups attached to an aromatic ring is 1. The summed E-state index contributed by atoms with van der Waals surface area (Å²) in [6.07, 6.45) is 3.33. The maximum atomic E-state index is 13.7. The Labute approximate surface area is 98.1 Å². The fourth-order valence-electron chi connectivity index (χ4n) is 1.72. The van der Waals surface area contributed by atoms with Crippen LogP contribution in [0.15, 0.2) is 35.4 Å². The van der Waals surface area contributed by atoms with Gasteiger partial charge < -0.3 is 5.73 Å². The van der Waals surface area contributed by atoms with Crippen LogP contribution in [0, 0.1) is 5.82 Å². The number of halogens is 1. The first kappa shape index (κ1) is 11.4. The van der Waals surface area contributed by atoms with Crippen LogP contribution in [0.1, 0.15) is 12.5 Å². The van der Waals surface area contributed by atoms with Gasteiger partial charge in [-0.1, -0.05) is 12.1 Å². The molecule has 17 heavy (non-hydrogen) atoms. The number of hydrogen-bond donors (Lipinski definition) is 1. The van der Waals surface area contributed by atoms with Crippen LogP contribution in [0.5, 0.6) is 0 Å². The highest BCUT2D eigenvalue weighted by molar-refractivity contribution is 5.42. The summed E-state index contributed by atoms with van der Waals surface area (Å²) in [5, 5.41) is 0. The van der Waals surface area contributed by atoms with E-state index in [1.54, 1.807) is 29.1 Å². The number of imidazole rings is 1. The van der Waals surface area contributed by atoms with E-state index in [0.29, 0.717) is 12.1 Å². The molecule has 2 aromatic rings. The lowest BCUT2D eigenvalue weighted by Gasteiger charge is -2.05. The number of aryl methyl sites for hydroxylation is 1. The molecule has 4 nitrogen and oxygen atoms in total. The third-order valence-electron chi connectivity index (χ3n) is 2.71. The number of aromatic nitrogens is 2. The summed E-state index contributed by atoms with van der Waals surface area (Å²) in [6, 6.07) is 4.80. The zero-order valence-corrected chi connectivity index (χ0v) is 9.56. The number of rotatable bonds is 3. The van der Waals surface area contributed by atoms with Crippen LogP contribution < -0.4 is 11.4 Å². The van der Waals surface area contributed by atoms with Crippen molar-refractivity contribution in [1.82, 2.24) is 9.13 Å². The van der Waals surface area contributed by atoms with Crippen LogP contribution in [0.25, 0.3) is 0 Å². The molecule has 2 N–H and O–H groups in total. The average molecular weight is 235 g/mol. The average Bonchev–Trinajstić information content (AvgIpc) is 2.66. The van der Waals surface area contributed by atoms with E-state index in [-0.39, 0.29) is 17.9 Å². The highest BCUT2D eigenvalue weighted by Crippen LogP contribution is 2.15. The SMILES string of the molecule is CCn1ccn(Cc2cccc(N)c2F)c1=O. The summed E-state index contributed by atoms with van der Waals surface area (Å²) >= 11 is 0. The minimum absolute atomic E-state index is 0.102. The van der Waals surface area contributed by atoms with Gasteiger partial charge in [0, 0.05) is 24.5 Å². The highest BCUT2D eigenvalue weighted by Gasteiger charge is 2.08. The molecule has 0 saturated carbocycles. The van der Waals surface area contributed by atoms with Crippen LogP contribution in [0.4, 0.5) is 10.1 Å². The van der Waals surface area contributed by atoms with Gasteiger partial charge in [-0.25, -0.2) is 9.18 Å². The second-order valence-corrected chi connectivity index (χ2v) is 3.81. The third-order valence-corrected chi connectivity index (χ3v) is 2.71. The number of hydrogen-bond acceptors (Lipinski definition) is 2. The van der Waals surface area contributed by atoms with E-state index in [0.717, 1.165) is 0 Å². The largest absolute Gasteiger partial charge is 0.396 e. The van der Waals surface area contributed by atoms with Crippen LogP contribution in [-0.4, -0.2) is 9.13 Å². The smallest absolute Gasteiger partial charge is 0.328 e. The Morgan fingerprint density at radius 2 is 2.00 bits per heavy atom. The summed E-state index contributed by atoms with van der Waals surface area (Å²) in [5.74, 6) is -0.455. The van der Waals surface area contributed by atoms with Crippen molar-refractivity contribution >= 4 is 5.69 Å². The van der Waals surface area contributed by atoms with Crippen LogP contribution in [0.2, 0.25) is 0 Å². The molecule has 0 unspecified atom stereocenters. The second kappa shape index (κ2) is 4.45. The van der Waals surface area contributed by atoms with Gasteiger partial charge in [-0.2, -0.15) is 0 Å². The van der Waals surface area contributed by atoms with E-state index in [9.17, 15) is 9.18 Å². The van der Waals surface area contributed by atoms with E-state index in [2.05, 4.69) is 0 Å². The second-order valence-electron chi connectivity index (χ2n) is 3.81. The standard InChI is InChI=1S/C12H14FN3O/c1-2-15-6-7-16(12(15)17)8-9-4-3-5-10(14)11(9)13/h3-7H,2,8,14H2,1H3. The zero-order valence-electron chi connectivity index (χ0n) is 9.56. The topological polar surface area (TPSA) is 52.9 Å². The van der Waals surface area contributed by atoms with Crippen molar-refractivity contribution in [1.29, 1.82) is 0 Å². The fourth-order valence-corrected chi connectivity index (χ4v) is 1.72. The van der Waals surface area contributed by atoms with Gasteiger partial charge in [0.05, 0.1) is 12.2 Å². The van der Waals surface area contributed by atoms with E-state index in [1.807, 2.05) is 6.92 Å². The quantitative estimate of drug-likeness (QED) is 0.818. The first-order chi connectivity index (χ1) is 8.13. The van der Waals surface area contributed by atoms with Crippen molar-refractivity contribution < 1.29 is 4.39 Å². The highest BCUT2D eigenvalue weighted by atomic mass is 19.1. The molecule has 0 spiro atoms. The molecule has 0 aliphatic carbocycles. The Balaban J connectivity index is 2.35. The maximum absolute atomic E-state index is 13.7. The van der Waals surface area contributed by atoms with E-state index in [1.165, 1.54) is 10.6 Å². The molecule has 0 bridgehead atoms. The zero-order chi connectivity index (χ0) is 12.4. The van der Waals surface area contributed by atoms with Gasteiger partial charge >= 0.3 is 5.69 Å². The molecule has 0 atom stereocenters. The van der Waals surface area contributed by atoms with Crippen molar-refractivity contribution in [2.45, 2.75) is 20.0 Å². The number of anilines is 1. The molecule has 5 heteroatoms. The molecule has 1 heterocycles. The molecule has 1 aromatic heterocycles. The summed E-state index contributed by atoms with van der Waals surface area (Å²) in [7, 11) is 0. The van der Waals surface area contributed by atoms with Gasteiger partial charge in [-0.05, 0) is 13.0 Å². The lowest BCUT2D eigenvalue weighted by atomic mass is 10.2. The van der Waals surface area contributed by atoms with Crippen LogP contribution in [0.3, 0.4) is 0 Å². The Morgan fingerprint density at radius 1 is 1.29 bits per heavy atom. The fraction of sp³-hybridized carbons (Fsp3) is 0.250. The Bertz CT molecular complexity index is 586. The van der Waals surface area contributed by atoms with Crippen molar-refractivity contribution in [2.75, 3.05) is 5.73 Å². The van der Waals surface area contributed by atoms with Crippen LogP contribution in [-0.2, 0) is 13.1 Å². The van der Waals surface area contributed by atoms with E-state index >= 15 is 0 Å². The summed E-state index contributed by atoms with van der Waals surface area (Å²) < 4.78 is 16.7. The lowest BCUT2D eigenvalue weighted by molar-refractivity contribution is 0.595. The van der Waals surface area contributed by atoms with Crippen molar-refractivity contribution in [2.24, 2.45) is 0 Å². The first-order valence-corrected chi connectivity index (χ1v) is 5.42.